The van der Waals surface area contributed by atoms with Gasteiger partial charge in [-0.25, -0.2) is 18.7 Å². The SMILES string of the molecule is C#CN(C)CCCCOc1ccc2c(Nc3cc(CC(=O)Nc4cccc(F)c4F)[nH]n3)ncnc2c1. The zero-order valence-corrected chi connectivity index (χ0v) is 20.1. The van der Waals surface area contributed by atoms with E-state index in [1.165, 1.54) is 18.5 Å². The summed E-state index contributed by atoms with van der Waals surface area (Å²) >= 11 is 0. The molecule has 0 aliphatic heterocycles. The van der Waals surface area contributed by atoms with Gasteiger partial charge < -0.3 is 20.3 Å². The Balaban J connectivity index is 1.35. The van der Waals surface area contributed by atoms with Crippen molar-refractivity contribution >= 4 is 34.1 Å². The highest BCUT2D eigenvalue weighted by molar-refractivity contribution is 5.93. The molecule has 4 aromatic rings. The van der Waals surface area contributed by atoms with Gasteiger partial charge >= 0.3 is 0 Å². The lowest BCUT2D eigenvalue weighted by Crippen LogP contribution is -2.16. The van der Waals surface area contributed by atoms with Gasteiger partial charge in [-0.3, -0.25) is 9.89 Å². The fraction of sp³-hybridized carbons (Fsp3) is 0.231. The summed E-state index contributed by atoms with van der Waals surface area (Å²) in [7, 11) is 1.87. The normalized spacial score (nSPS) is 10.6. The van der Waals surface area contributed by atoms with Crippen LogP contribution in [0.2, 0.25) is 0 Å². The molecule has 1 amide bonds. The van der Waals surface area contributed by atoms with Crippen LogP contribution in [-0.4, -0.2) is 51.2 Å². The molecular weight excluding hydrogens is 480 g/mol. The number of amides is 1. The molecule has 0 saturated carbocycles. The predicted octanol–water partition coefficient (Wildman–Crippen LogP) is 4.24. The first-order valence-corrected chi connectivity index (χ1v) is 11.5. The topological polar surface area (TPSA) is 108 Å². The van der Waals surface area contributed by atoms with E-state index in [2.05, 4.69) is 36.8 Å². The first-order chi connectivity index (χ1) is 17.9. The van der Waals surface area contributed by atoms with Crippen molar-refractivity contribution in [3.05, 3.63) is 66.1 Å². The van der Waals surface area contributed by atoms with Gasteiger partial charge in [0.1, 0.15) is 17.9 Å². The van der Waals surface area contributed by atoms with E-state index in [0.29, 0.717) is 35.2 Å². The minimum absolute atomic E-state index is 0.116. The highest BCUT2D eigenvalue weighted by Crippen LogP contribution is 2.26. The highest BCUT2D eigenvalue weighted by atomic mass is 19.2. The summed E-state index contributed by atoms with van der Waals surface area (Å²) in [6, 6.07) is 13.3. The van der Waals surface area contributed by atoms with Crippen LogP contribution in [0.15, 0.2) is 48.8 Å². The monoisotopic (exact) mass is 505 g/mol. The van der Waals surface area contributed by atoms with E-state index < -0.39 is 17.5 Å². The van der Waals surface area contributed by atoms with Crippen molar-refractivity contribution in [2.45, 2.75) is 19.3 Å². The largest absolute Gasteiger partial charge is 0.494 e. The number of fused-ring (bicyclic) bond motifs is 1. The molecule has 0 fully saturated rings. The summed E-state index contributed by atoms with van der Waals surface area (Å²) in [6.07, 6.45) is 8.45. The second-order valence-corrected chi connectivity index (χ2v) is 8.24. The Morgan fingerprint density at radius 1 is 1.19 bits per heavy atom. The molecule has 0 atom stereocenters. The lowest BCUT2D eigenvalue weighted by Gasteiger charge is -2.11. The standard InChI is InChI=1S/C26H25F2N7O2/c1-3-35(2)11-4-5-12-37-18-9-10-19-22(15-18)29-16-30-26(19)32-23-13-17(33-34-23)14-24(36)31-21-8-6-7-20(27)25(21)28/h1,6-10,13,15-16H,4-5,11-12,14H2,2H3,(H,31,36)(H2,29,30,32,33,34). The number of carbonyl (C=O) groups excluding carboxylic acids is 1. The molecule has 9 nitrogen and oxygen atoms in total. The van der Waals surface area contributed by atoms with Gasteiger partial charge in [-0.2, -0.15) is 5.10 Å². The number of nitrogens with zero attached hydrogens (tertiary/aromatic N) is 4. The Morgan fingerprint density at radius 3 is 2.89 bits per heavy atom. The summed E-state index contributed by atoms with van der Waals surface area (Å²) in [5, 5.41) is 13.1. The smallest absolute Gasteiger partial charge is 0.230 e. The molecule has 0 bridgehead atoms. The molecule has 37 heavy (non-hydrogen) atoms. The van der Waals surface area contributed by atoms with E-state index in [1.54, 1.807) is 11.0 Å². The third-order valence-corrected chi connectivity index (χ3v) is 5.44. The van der Waals surface area contributed by atoms with Gasteiger partial charge in [-0.05, 0) is 37.1 Å². The number of terminal acetylenes is 1. The number of rotatable bonds is 11. The van der Waals surface area contributed by atoms with Crippen molar-refractivity contribution in [1.82, 2.24) is 25.1 Å². The Bertz CT molecular complexity index is 1430. The third kappa shape index (κ3) is 6.70. The summed E-state index contributed by atoms with van der Waals surface area (Å²) < 4.78 is 33.0. The number of halogens is 2. The Labute approximate surface area is 212 Å². The number of H-pyrrole nitrogens is 1. The Kier molecular flexibility index (Phi) is 8.10. The second kappa shape index (κ2) is 11.8. The summed E-state index contributed by atoms with van der Waals surface area (Å²) in [5.74, 6) is -1.02. The molecule has 190 valence electrons. The molecule has 0 aliphatic rings. The molecule has 3 N–H and O–H groups in total. The van der Waals surface area contributed by atoms with E-state index in [4.69, 9.17) is 11.2 Å². The van der Waals surface area contributed by atoms with Crippen LogP contribution in [0.5, 0.6) is 5.75 Å². The molecule has 0 spiro atoms. The van der Waals surface area contributed by atoms with Crippen LogP contribution in [-0.2, 0) is 11.2 Å². The summed E-state index contributed by atoms with van der Waals surface area (Å²) in [6.45, 7) is 1.38. The maximum atomic E-state index is 13.8. The quantitative estimate of drug-likeness (QED) is 0.159. The van der Waals surface area contributed by atoms with Crippen molar-refractivity contribution in [3.63, 3.8) is 0 Å². The van der Waals surface area contributed by atoms with Crippen molar-refractivity contribution in [2.75, 3.05) is 30.8 Å². The number of anilines is 3. The van der Waals surface area contributed by atoms with Gasteiger partial charge in [0.05, 0.1) is 24.2 Å². The molecule has 0 saturated heterocycles. The molecule has 11 heteroatoms. The van der Waals surface area contributed by atoms with Gasteiger partial charge in [-0.15, -0.1) is 0 Å². The maximum absolute atomic E-state index is 13.8. The number of nitrogens with one attached hydrogen (secondary N) is 3. The van der Waals surface area contributed by atoms with Gasteiger partial charge in [0, 0.05) is 42.8 Å². The van der Waals surface area contributed by atoms with Crippen molar-refractivity contribution < 1.29 is 18.3 Å². The lowest BCUT2D eigenvalue weighted by atomic mass is 10.2. The molecule has 2 heterocycles. The zero-order valence-electron chi connectivity index (χ0n) is 20.1. The van der Waals surface area contributed by atoms with Crippen LogP contribution in [0.1, 0.15) is 18.5 Å². The van der Waals surface area contributed by atoms with E-state index in [-0.39, 0.29) is 12.1 Å². The Hall–Kier alpha value is -4.72. The van der Waals surface area contributed by atoms with E-state index in [0.717, 1.165) is 30.8 Å². The van der Waals surface area contributed by atoms with Gasteiger partial charge in [0.25, 0.3) is 0 Å². The third-order valence-electron chi connectivity index (χ3n) is 5.44. The van der Waals surface area contributed by atoms with Crippen molar-refractivity contribution in [3.8, 4) is 18.2 Å². The minimum atomic E-state index is -1.11. The molecular formula is C26H25F2N7O2. The van der Waals surface area contributed by atoms with Crippen molar-refractivity contribution in [2.24, 2.45) is 0 Å². The van der Waals surface area contributed by atoms with E-state index in [1.807, 2.05) is 25.2 Å². The summed E-state index contributed by atoms with van der Waals surface area (Å²) in [5.41, 5.74) is 0.934. The van der Waals surface area contributed by atoms with Crippen LogP contribution >= 0.6 is 0 Å². The number of aromatic nitrogens is 4. The highest BCUT2D eigenvalue weighted by Gasteiger charge is 2.13. The fourth-order valence-corrected chi connectivity index (χ4v) is 3.54. The number of carbonyl (C=O) groups is 1. The predicted molar refractivity (Wildman–Crippen MR) is 136 cm³/mol. The molecule has 0 radical (unpaired) electrons. The average molecular weight is 506 g/mol. The number of aromatic amines is 1. The second-order valence-electron chi connectivity index (χ2n) is 8.24. The maximum Gasteiger partial charge on any atom is 0.230 e. The van der Waals surface area contributed by atoms with Gasteiger partial charge in [0.2, 0.25) is 5.91 Å². The lowest BCUT2D eigenvalue weighted by molar-refractivity contribution is -0.115. The Morgan fingerprint density at radius 2 is 2.05 bits per heavy atom. The minimum Gasteiger partial charge on any atom is -0.494 e. The van der Waals surface area contributed by atoms with Crippen LogP contribution < -0.4 is 15.4 Å². The molecule has 0 unspecified atom stereocenters. The molecule has 2 aromatic heterocycles. The molecule has 0 aliphatic carbocycles. The first-order valence-electron chi connectivity index (χ1n) is 11.5. The summed E-state index contributed by atoms with van der Waals surface area (Å²) in [4.78, 5) is 22.7. The zero-order chi connectivity index (χ0) is 26.2. The number of benzene rings is 2. The number of hydrogen-bond donors (Lipinski definition) is 3. The molecule has 2 aromatic carbocycles. The van der Waals surface area contributed by atoms with Crippen molar-refractivity contribution in [1.29, 1.82) is 0 Å². The number of unbranched alkanes of at least 4 members (excludes halogenated alkanes) is 1. The van der Waals surface area contributed by atoms with Crippen LogP contribution in [0.3, 0.4) is 0 Å². The van der Waals surface area contributed by atoms with Crippen LogP contribution in [0, 0.1) is 24.1 Å². The van der Waals surface area contributed by atoms with Gasteiger partial charge in [0.15, 0.2) is 17.5 Å². The van der Waals surface area contributed by atoms with E-state index >= 15 is 0 Å². The first kappa shape index (κ1) is 25.4. The van der Waals surface area contributed by atoms with E-state index in [9.17, 15) is 13.6 Å². The average Bonchev–Trinajstić information content (AvgIpc) is 3.32. The number of ether oxygens (including phenoxy) is 1. The van der Waals surface area contributed by atoms with Gasteiger partial charge in [-0.1, -0.05) is 12.5 Å². The molecule has 4 rings (SSSR count). The van der Waals surface area contributed by atoms with Crippen LogP contribution in [0.4, 0.5) is 26.1 Å². The van der Waals surface area contributed by atoms with Crippen LogP contribution in [0.25, 0.3) is 10.9 Å². The fourth-order valence-electron chi connectivity index (χ4n) is 3.54. The number of hydrogen-bond acceptors (Lipinski definition) is 7.